The van der Waals surface area contributed by atoms with E-state index in [1.165, 1.54) is 0 Å². The molecule has 2 fully saturated rings. The van der Waals surface area contributed by atoms with Gasteiger partial charge in [-0.2, -0.15) is 0 Å². The first-order valence-corrected chi connectivity index (χ1v) is 7.61. The first-order valence-electron chi connectivity index (χ1n) is 7.61. The quantitative estimate of drug-likeness (QED) is 0.597. The number of rotatable bonds is 3. The zero-order valence-corrected chi connectivity index (χ0v) is 12.6. The summed E-state index contributed by atoms with van der Waals surface area (Å²) in [5, 5.41) is 3.34. The molecule has 6 heteroatoms. The fourth-order valence-corrected chi connectivity index (χ4v) is 2.64. The van der Waals surface area contributed by atoms with E-state index in [1.807, 2.05) is 4.90 Å². The van der Waals surface area contributed by atoms with Crippen LogP contribution < -0.4 is 5.32 Å². The molecule has 1 atom stereocenters. The lowest BCUT2D eigenvalue weighted by Crippen LogP contribution is -2.53. The minimum atomic E-state index is 0.158. The fourth-order valence-electron chi connectivity index (χ4n) is 2.64. The van der Waals surface area contributed by atoms with Gasteiger partial charge in [0.05, 0.1) is 12.6 Å². The maximum absolute atomic E-state index is 11.3. The molecule has 6 nitrogen and oxygen atoms in total. The van der Waals surface area contributed by atoms with Gasteiger partial charge in [0.2, 0.25) is 5.91 Å². The molecule has 0 radical (unpaired) electrons. The number of aliphatic imine (C=N–C) groups is 1. The molecule has 2 aliphatic rings. The number of nitrogens with zero attached hydrogens (tertiary/aromatic N) is 3. The third-order valence-corrected chi connectivity index (χ3v) is 3.83. The van der Waals surface area contributed by atoms with Crippen molar-refractivity contribution in [1.82, 2.24) is 15.1 Å². The highest BCUT2D eigenvalue weighted by Crippen LogP contribution is 2.12. The van der Waals surface area contributed by atoms with Crippen LogP contribution in [0.5, 0.6) is 0 Å². The number of amides is 1. The van der Waals surface area contributed by atoms with E-state index in [1.54, 1.807) is 6.92 Å². The average Bonchev–Trinajstić information content (AvgIpc) is 2.97. The highest BCUT2D eigenvalue weighted by Gasteiger charge is 2.21. The zero-order valence-electron chi connectivity index (χ0n) is 12.6. The van der Waals surface area contributed by atoms with Gasteiger partial charge in [0, 0.05) is 46.3 Å². The third-order valence-electron chi connectivity index (χ3n) is 3.83. The monoisotopic (exact) mass is 282 g/mol. The van der Waals surface area contributed by atoms with Crippen molar-refractivity contribution in [3.63, 3.8) is 0 Å². The van der Waals surface area contributed by atoms with Crippen molar-refractivity contribution in [3.8, 4) is 0 Å². The molecule has 0 aliphatic carbocycles. The van der Waals surface area contributed by atoms with Crippen LogP contribution in [0.4, 0.5) is 0 Å². The summed E-state index contributed by atoms with van der Waals surface area (Å²) in [5.74, 6) is 1.11. The van der Waals surface area contributed by atoms with E-state index < -0.39 is 0 Å². The molecule has 1 unspecified atom stereocenters. The number of piperazine rings is 1. The van der Waals surface area contributed by atoms with Crippen LogP contribution in [0, 0.1) is 0 Å². The molecule has 20 heavy (non-hydrogen) atoms. The smallest absolute Gasteiger partial charge is 0.219 e. The molecule has 2 saturated heterocycles. The Bertz CT molecular complexity index is 345. The van der Waals surface area contributed by atoms with Crippen molar-refractivity contribution in [1.29, 1.82) is 0 Å². The topological polar surface area (TPSA) is 57.2 Å². The lowest BCUT2D eigenvalue weighted by Gasteiger charge is -2.36. The third kappa shape index (κ3) is 4.10. The van der Waals surface area contributed by atoms with Crippen molar-refractivity contribution in [3.05, 3.63) is 0 Å². The second-order valence-corrected chi connectivity index (χ2v) is 5.32. The predicted octanol–water partition coefficient (Wildman–Crippen LogP) is 0.295. The lowest BCUT2D eigenvalue weighted by atomic mass is 10.2. The summed E-state index contributed by atoms with van der Waals surface area (Å²) < 4.78 is 5.61. The van der Waals surface area contributed by atoms with E-state index in [-0.39, 0.29) is 12.0 Å². The molecular weight excluding hydrogens is 256 g/mol. The van der Waals surface area contributed by atoms with Crippen molar-refractivity contribution in [2.45, 2.75) is 32.8 Å². The number of carbonyl (C=O) groups excluding carboxylic acids is 1. The van der Waals surface area contributed by atoms with Crippen LogP contribution in [0.2, 0.25) is 0 Å². The number of carbonyl (C=O) groups is 1. The lowest BCUT2D eigenvalue weighted by molar-refractivity contribution is -0.130. The maximum atomic E-state index is 11.3. The SMILES string of the molecule is CCNC(=NCC1CCCO1)N1CCN(C(C)=O)CC1. The van der Waals surface area contributed by atoms with Gasteiger partial charge in [-0.25, -0.2) is 0 Å². The highest BCUT2D eigenvalue weighted by molar-refractivity contribution is 5.80. The standard InChI is InChI=1S/C14H26N4O2/c1-3-15-14(16-11-13-5-4-10-20-13)18-8-6-17(7-9-18)12(2)19/h13H,3-11H2,1-2H3,(H,15,16). The molecule has 0 bridgehead atoms. The molecular formula is C14H26N4O2. The minimum Gasteiger partial charge on any atom is -0.376 e. The second-order valence-electron chi connectivity index (χ2n) is 5.32. The Labute approximate surface area is 121 Å². The zero-order chi connectivity index (χ0) is 14.4. The Kier molecular flexibility index (Phi) is 5.64. The molecule has 0 aromatic rings. The van der Waals surface area contributed by atoms with Crippen LogP contribution in [-0.2, 0) is 9.53 Å². The largest absolute Gasteiger partial charge is 0.376 e. The number of ether oxygens (including phenoxy) is 1. The normalized spacial score (nSPS) is 24.1. The van der Waals surface area contributed by atoms with Gasteiger partial charge >= 0.3 is 0 Å². The summed E-state index contributed by atoms with van der Waals surface area (Å²) in [7, 11) is 0. The van der Waals surface area contributed by atoms with Crippen LogP contribution in [-0.4, -0.2) is 73.6 Å². The van der Waals surface area contributed by atoms with E-state index >= 15 is 0 Å². The first-order chi connectivity index (χ1) is 9.70. The van der Waals surface area contributed by atoms with Crippen molar-refractivity contribution < 1.29 is 9.53 Å². The van der Waals surface area contributed by atoms with Gasteiger partial charge < -0.3 is 19.9 Å². The summed E-state index contributed by atoms with van der Waals surface area (Å²) in [6.45, 7) is 9.41. The van der Waals surface area contributed by atoms with Crippen LogP contribution >= 0.6 is 0 Å². The van der Waals surface area contributed by atoms with Crippen molar-refractivity contribution in [2.24, 2.45) is 4.99 Å². The number of hydrogen-bond donors (Lipinski definition) is 1. The number of guanidine groups is 1. The molecule has 0 saturated carbocycles. The maximum Gasteiger partial charge on any atom is 0.219 e. The fraction of sp³-hybridized carbons (Fsp3) is 0.857. The summed E-state index contributed by atoms with van der Waals surface area (Å²) in [6.07, 6.45) is 2.54. The van der Waals surface area contributed by atoms with Crippen molar-refractivity contribution >= 4 is 11.9 Å². The molecule has 2 heterocycles. The van der Waals surface area contributed by atoms with E-state index in [2.05, 4.69) is 17.1 Å². The Balaban J connectivity index is 1.87. The molecule has 2 aliphatic heterocycles. The van der Waals surface area contributed by atoms with E-state index in [9.17, 15) is 4.79 Å². The Hall–Kier alpha value is -1.30. The molecule has 0 spiro atoms. The molecule has 2 rings (SSSR count). The van der Waals surface area contributed by atoms with Crippen LogP contribution in [0.15, 0.2) is 4.99 Å². The predicted molar refractivity (Wildman–Crippen MR) is 78.8 cm³/mol. The summed E-state index contributed by atoms with van der Waals surface area (Å²) >= 11 is 0. The van der Waals surface area contributed by atoms with Gasteiger partial charge in [0.1, 0.15) is 0 Å². The summed E-state index contributed by atoms with van der Waals surface area (Å²) in [6, 6.07) is 0. The Morgan fingerprint density at radius 1 is 1.30 bits per heavy atom. The minimum absolute atomic E-state index is 0.158. The second kappa shape index (κ2) is 7.47. The van der Waals surface area contributed by atoms with Gasteiger partial charge in [-0.15, -0.1) is 0 Å². The van der Waals surface area contributed by atoms with Gasteiger partial charge in [0.25, 0.3) is 0 Å². The van der Waals surface area contributed by atoms with E-state index in [0.29, 0.717) is 0 Å². The van der Waals surface area contributed by atoms with Crippen LogP contribution in [0.1, 0.15) is 26.7 Å². The summed E-state index contributed by atoms with van der Waals surface area (Å²) in [5.41, 5.74) is 0. The summed E-state index contributed by atoms with van der Waals surface area (Å²) in [4.78, 5) is 20.2. The Morgan fingerprint density at radius 3 is 2.55 bits per heavy atom. The molecule has 114 valence electrons. The first kappa shape index (κ1) is 15.1. The molecule has 1 N–H and O–H groups in total. The van der Waals surface area contributed by atoms with Crippen LogP contribution in [0.25, 0.3) is 0 Å². The van der Waals surface area contributed by atoms with E-state index in [4.69, 9.17) is 9.73 Å². The van der Waals surface area contributed by atoms with E-state index in [0.717, 1.165) is 64.7 Å². The molecule has 0 aromatic carbocycles. The molecule has 0 aromatic heterocycles. The van der Waals surface area contributed by atoms with Crippen molar-refractivity contribution in [2.75, 3.05) is 45.9 Å². The number of nitrogens with one attached hydrogen (secondary N) is 1. The molecule has 1 amide bonds. The number of hydrogen-bond acceptors (Lipinski definition) is 3. The van der Waals surface area contributed by atoms with Gasteiger partial charge in [-0.3, -0.25) is 9.79 Å². The van der Waals surface area contributed by atoms with Gasteiger partial charge in [0.15, 0.2) is 5.96 Å². The van der Waals surface area contributed by atoms with Gasteiger partial charge in [-0.05, 0) is 19.8 Å². The highest BCUT2D eigenvalue weighted by atomic mass is 16.5. The Morgan fingerprint density at radius 2 is 2.00 bits per heavy atom. The van der Waals surface area contributed by atoms with Gasteiger partial charge in [-0.1, -0.05) is 0 Å². The van der Waals surface area contributed by atoms with Crippen LogP contribution in [0.3, 0.4) is 0 Å². The average molecular weight is 282 g/mol.